The lowest BCUT2D eigenvalue weighted by atomic mass is 10.1. The number of hydrogen-bond donors (Lipinski definition) is 1. The number of nitrogens with zero attached hydrogens (tertiary/aromatic N) is 1. The minimum absolute atomic E-state index is 0.0407. The Morgan fingerprint density at radius 3 is 2.58 bits per heavy atom. The van der Waals surface area contributed by atoms with Gasteiger partial charge in [0.15, 0.2) is 0 Å². The quantitative estimate of drug-likeness (QED) is 0.507. The average molecular weight is 270 g/mol. The SMILES string of the molecule is CCOCCCNC1CC(=O)N(C(CC)CC)C1=O. The van der Waals surface area contributed by atoms with Gasteiger partial charge in [-0.05, 0) is 32.7 Å². The summed E-state index contributed by atoms with van der Waals surface area (Å²) >= 11 is 0. The van der Waals surface area contributed by atoms with Crippen molar-refractivity contribution in [3.8, 4) is 0 Å². The van der Waals surface area contributed by atoms with Gasteiger partial charge in [0.25, 0.3) is 0 Å². The normalized spacial score (nSPS) is 19.8. The van der Waals surface area contributed by atoms with E-state index in [2.05, 4.69) is 5.32 Å². The summed E-state index contributed by atoms with van der Waals surface area (Å²) in [6, 6.07) is -0.287. The molecule has 0 bridgehead atoms. The summed E-state index contributed by atoms with van der Waals surface area (Å²) in [4.78, 5) is 25.6. The molecule has 0 aromatic rings. The molecule has 1 rings (SSSR count). The van der Waals surface area contributed by atoms with E-state index in [4.69, 9.17) is 4.74 Å². The summed E-state index contributed by atoms with van der Waals surface area (Å²) in [6.45, 7) is 8.09. The monoisotopic (exact) mass is 270 g/mol. The number of amides is 2. The van der Waals surface area contributed by atoms with Crippen LogP contribution in [0.5, 0.6) is 0 Å². The summed E-state index contributed by atoms with van der Waals surface area (Å²) in [5.41, 5.74) is 0. The van der Waals surface area contributed by atoms with Crippen molar-refractivity contribution < 1.29 is 14.3 Å². The second-order valence-corrected chi connectivity index (χ2v) is 4.83. The maximum Gasteiger partial charge on any atom is 0.247 e. The van der Waals surface area contributed by atoms with E-state index < -0.39 is 0 Å². The molecule has 0 aromatic heterocycles. The standard InChI is InChI=1S/C14H26N2O3/c1-4-11(5-2)16-13(17)10-12(14(16)18)15-8-7-9-19-6-3/h11-12,15H,4-10H2,1-3H3. The second-order valence-electron chi connectivity index (χ2n) is 4.83. The van der Waals surface area contributed by atoms with E-state index in [0.29, 0.717) is 26.2 Å². The molecule has 1 fully saturated rings. The minimum atomic E-state index is -0.338. The van der Waals surface area contributed by atoms with Gasteiger partial charge in [0.05, 0.1) is 12.5 Å². The van der Waals surface area contributed by atoms with Crippen LogP contribution in [-0.2, 0) is 14.3 Å². The Morgan fingerprint density at radius 2 is 2.00 bits per heavy atom. The number of hydrogen-bond acceptors (Lipinski definition) is 4. The van der Waals surface area contributed by atoms with Gasteiger partial charge in [0.2, 0.25) is 11.8 Å². The molecule has 1 unspecified atom stereocenters. The molecule has 1 atom stereocenters. The van der Waals surface area contributed by atoms with E-state index in [1.807, 2.05) is 20.8 Å². The molecule has 0 spiro atoms. The molecule has 5 nitrogen and oxygen atoms in total. The lowest BCUT2D eigenvalue weighted by molar-refractivity contribution is -0.141. The van der Waals surface area contributed by atoms with E-state index in [-0.39, 0.29) is 23.9 Å². The molecule has 1 N–H and O–H groups in total. The van der Waals surface area contributed by atoms with Gasteiger partial charge >= 0.3 is 0 Å². The molecule has 1 aliphatic rings. The van der Waals surface area contributed by atoms with Gasteiger partial charge in [-0.1, -0.05) is 13.8 Å². The maximum atomic E-state index is 12.2. The number of likely N-dealkylation sites (tertiary alicyclic amines) is 1. The molecule has 19 heavy (non-hydrogen) atoms. The molecule has 110 valence electrons. The maximum absolute atomic E-state index is 12.2. The van der Waals surface area contributed by atoms with Crippen molar-refractivity contribution in [2.24, 2.45) is 0 Å². The van der Waals surface area contributed by atoms with Gasteiger partial charge in [0.1, 0.15) is 0 Å². The fourth-order valence-corrected chi connectivity index (χ4v) is 2.44. The van der Waals surface area contributed by atoms with Crippen LogP contribution in [0.2, 0.25) is 0 Å². The third kappa shape index (κ3) is 4.28. The summed E-state index contributed by atoms with van der Waals surface area (Å²) in [5, 5.41) is 3.16. The van der Waals surface area contributed by atoms with Crippen LogP contribution in [0, 0.1) is 0 Å². The van der Waals surface area contributed by atoms with Crippen LogP contribution in [0.25, 0.3) is 0 Å². The third-order valence-electron chi connectivity index (χ3n) is 3.55. The Morgan fingerprint density at radius 1 is 1.32 bits per heavy atom. The first-order valence-corrected chi connectivity index (χ1v) is 7.32. The molecule has 0 saturated carbocycles. The molecule has 1 saturated heterocycles. The van der Waals surface area contributed by atoms with Gasteiger partial charge in [-0.3, -0.25) is 14.5 Å². The Hall–Kier alpha value is -0.940. The van der Waals surface area contributed by atoms with Crippen molar-refractivity contribution in [2.45, 2.75) is 58.5 Å². The number of rotatable bonds is 9. The van der Waals surface area contributed by atoms with Crippen molar-refractivity contribution in [1.82, 2.24) is 10.2 Å². The molecule has 0 aliphatic carbocycles. The van der Waals surface area contributed by atoms with Crippen LogP contribution >= 0.6 is 0 Å². The van der Waals surface area contributed by atoms with Crippen LogP contribution in [0.1, 0.15) is 46.5 Å². The molecular formula is C14H26N2O3. The molecule has 0 aromatic carbocycles. The Labute approximate surface area is 115 Å². The minimum Gasteiger partial charge on any atom is -0.382 e. The van der Waals surface area contributed by atoms with Crippen LogP contribution in [0.15, 0.2) is 0 Å². The first-order chi connectivity index (χ1) is 9.15. The smallest absolute Gasteiger partial charge is 0.247 e. The first-order valence-electron chi connectivity index (χ1n) is 7.32. The number of carbonyl (C=O) groups excluding carboxylic acids is 2. The van der Waals surface area contributed by atoms with Crippen LogP contribution < -0.4 is 5.32 Å². The zero-order chi connectivity index (χ0) is 14.3. The van der Waals surface area contributed by atoms with Crippen molar-refractivity contribution >= 4 is 11.8 Å². The molecule has 1 aliphatic heterocycles. The number of ether oxygens (including phenoxy) is 1. The van der Waals surface area contributed by atoms with Crippen LogP contribution in [0.4, 0.5) is 0 Å². The van der Waals surface area contributed by atoms with Crippen molar-refractivity contribution in [1.29, 1.82) is 0 Å². The number of imide groups is 1. The largest absolute Gasteiger partial charge is 0.382 e. The average Bonchev–Trinajstić information content (AvgIpc) is 2.68. The fraction of sp³-hybridized carbons (Fsp3) is 0.857. The predicted octanol–water partition coefficient (Wildman–Crippen LogP) is 1.32. The van der Waals surface area contributed by atoms with Gasteiger partial charge < -0.3 is 10.1 Å². The van der Waals surface area contributed by atoms with E-state index in [1.165, 1.54) is 4.90 Å². The third-order valence-corrected chi connectivity index (χ3v) is 3.55. The zero-order valence-electron chi connectivity index (χ0n) is 12.3. The summed E-state index contributed by atoms with van der Waals surface area (Å²) < 4.78 is 5.24. The summed E-state index contributed by atoms with van der Waals surface area (Å²) in [7, 11) is 0. The highest BCUT2D eigenvalue weighted by Crippen LogP contribution is 2.20. The second kappa shape index (κ2) is 8.27. The highest BCUT2D eigenvalue weighted by atomic mass is 16.5. The number of carbonyl (C=O) groups is 2. The van der Waals surface area contributed by atoms with E-state index >= 15 is 0 Å². The topological polar surface area (TPSA) is 58.6 Å². The van der Waals surface area contributed by atoms with Gasteiger partial charge in [-0.25, -0.2) is 0 Å². The Balaban J connectivity index is 2.42. The summed E-state index contributed by atoms with van der Waals surface area (Å²) in [5.74, 6) is -0.101. The lowest BCUT2D eigenvalue weighted by Gasteiger charge is -2.24. The predicted molar refractivity (Wildman–Crippen MR) is 73.7 cm³/mol. The van der Waals surface area contributed by atoms with Gasteiger partial charge in [-0.15, -0.1) is 0 Å². The van der Waals surface area contributed by atoms with Crippen molar-refractivity contribution in [3.63, 3.8) is 0 Å². The molecule has 5 heteroatoms. The van der Waals surface area contributed by atoms with Crippen LogP contribution in [0.3, 0.4) is 0 Å². The van der Waals surface area contributed by atoms with Crippen molar-refractivity contribution in [2.75, 3.05) is 19.8 Å². The Bertz CT molecular complexity index is 303. The van der Waals surface area contributed by atoms with E-state index in [0.717, 1.165) is 19.3 Å². The highest BCUT2D eigenvalue weighted by Gasteiger charge is 2.40. The summed E-state index contributed by atoms with van der Waals surface area (Å²) in [6.07, 6.45) is 2.80. The fourth-order valence-electron chi connectivity index (χ4n) is 2.44. The van der Waals surface area contributed by atoms with Crippen LogP contribution in [-0.4, -0.2) is 48.6 Å². The van der Waals surface area contributed by atoms with Crippen molar-refractivity contribution in [3.05, 3.63) is 0 Å². The molecule has 1 heterocycles. The van der Waals surface area contributed by atoms with Gasteiger partial charge in [0, 0.05) is 19.3 Å². The molecule has 0 radical (unpaired) electrons. The Kier molecular flexibility index (Phi) is 7.02. The first kappa shape index (κ1) is 16.1. The lowest BCUT2D eigenvalue weighted by Crippen LogP contribution is -2.43. The van der Waals surface area contributed by atoms with E-state index in [9.17, 15) is 9.59 Å². The highest BCUT2D eigenvalue weighted by molar-refractivity contribution is 6.05. The molecule has 2 amide bonds. The van der Waals surface area contributed by atoms with E-state index in [1.54, 1.807) is 0 Å². The number of nitrogens with one attached hydrogen (secondary N) is 1. The van der Waals surface area contributed by atoms with Gasteiger partial charge in [-0.2, -0.15) is 0 Å². The molecular weight excluding hydrogens is 244 g/mol. The zero-order valence-corrected chi connectivity index (χ0v) is 12.3.